The summed E-state index contributed by atoms with van der Waals surface area (Å²) in [6, 6.07) is 24.8. The predicted octanol–water partition coefficient (Wildman–Crippen LogP) is 4.33. The van der Waals surface area contributed by atoms with Crippen molar-refractivity contribution in [3.63, 3.8) is 0 Å². The standard InChI is InChI=1S/C24H25N3O2/c1-17-10-9-15-21(18(17)2)26-24(29)27-22(28)16-25-23(19-11-5-3-6-12-19)20-13-7-4-8-14-20/h3-15,23,25H,16H2,1-2H3,(H2,26,27,28,29). The van der Waals surface area contributed by atoms with Crippen LogP contribution in [0.2, 0.25) is 0 Å². The van der Waals surface area contributed by atoms with Gasteiger partial charge in [-0.1, -0.05) is 72.8 Å². The van der Waals surface area contributed by atoms with E-state index < -0.39 is 11.9 Å². The maximum absolute atomic E-state index is 12.3. The van der Waals surface area contributed by atoms with Crippen LogP contribution in [0.4, 0.5) is 10.5 Å². The normalized spacial score (nSPS) is 10.6. The molecule has 5 nitrogen and oxygen atoms in total. The Morgan fingerprint density at radius 3 is 1.97 bits per heavy atom. The average molecular weight is 387 g/mol. The number of hydrogen-bond acceptors (Lipinski definition) is 3. The van der Waals surface area contributed by atoms with E-state index in [1.165, 1.54) is 0 Å². The SMILES string of the molecule is Cc1cccc(NC(=O)NC(=O)CNC(c2ccccc2)c2ccccc2)c1C. The number of urea groups is 1. The third-order valence-corrected chi connectivity index (χ3v) is 4.84. The van der Waals surface area contributed by atoms with Gasteiger partial charge in [-0.15, -0.1) is 0 Å². The van der Waals surface area contributed by atoms with Crippen molar-refractivity contribution < 1.29 is 9.59 Å². The first-order valence-corrected chi connectivity index (χ1v) is 9.55. The van der Waals surface area contributed by atoms with Gasteiger partial charge in [0.1, 0.15) is 0 Å². The quantitative estimate of drug-likeness (QED) is 0.590. The summed E-state index contributed by atoms with van der Waals surface area (Å²) in [5.74, 6) is -0.398. The molecule has 0 saturated carbocycles. The third kappa shape index (κ3) is 5.53. The van der Waals surface area contributed by atoms with E-state index in [0.717, 1.165) is 22.3 Å². The number of carbonyl (C=O) groups excluding carboxylic acids is 2. The maximum atomic E-state index is 12.3. The molecule has 29 heavy (non-hydrogen) atoms. The Bertz CT molecular complexity index is 932. The summed E-state index contributed by atoms with van der Waals surface area (Å²) in [6.07, 6.45) is 0. The monoisotopic (exact) mass is 387 g/mol. The summed E-state index contributed by atoms with van der Waals surface area (Å²) in [5.41, 5.74) is 4.83. The average Bonchev–Trinajstić information content (AvgIpc) is 2.73. The Morgan fingerprint density at radius 2 is 1.38 bits per heavy atom. The van der Waals surface area contributed by atoms with Gasteiger partial charge < -0.3 is 5.32 Å². The van der Waals surface area contributed by atoms with E-state index in [9.17, 15) is 9.59 Å². The molecule has 0 unspecified atom stereocenters. The topological polar surface area (TPSA) is 70.2 Å². The largest absolute Gasteiger partial charge is 0.325 e. The predicted molar refractivity (Wildman–Crippen MR) is 116 cm³/mol. The van der Waals surface area contributed by atoms with Crippen molar-refractivity contribution in [3.8, 4) is 0 Å². The molecule has 3 N–H and O–H groups in total. The molecule has 3 aromatic carbocycles. The fraction of sp³-hybridized carbons (Fsp3) is 0.167. The molecule has 0 aliphatic rings. The molecule has 0 saturated heterocycles. The van der Waals surface area contributed by atoms with Crippen LogP contribution in [0.5, 0.6) is 0 Å². The van der Waals surface area contributed by atoms with Gasteiger partial charge in [0, 0.05) is 5.69 Å². The van der Waals surface area contributed by atoms with Crippen LogP contribution >= 0.6 is 0 Å². The minimum Gasteiger partial charge on any atom is -0.307 e. The molecule has 0 radical (unpaired) electrons. The molecule has 0 aliphatic carbocycles. The minimum atomic E-state index is -0.540. The number of hydrogen-bond donors (Lipinski definition) is 3. The molecule has 0 fully saturated rings. The van der Waals surface area contributed by atoms with Gasteiger partial charge in [0.15, 0.2) is 0 Å². The number of nitrogens with one attached hydrogen (secondary N) is 3. The molecular weight excluding hydrogens is 362 g/mol. The molecule has 148 valence electrons. The number of carbonyl (C=O) groups is 2. The van der Waals surface area contributed by atoms with Gasteiger partial charge in [0.05, 0.1) is 12.6 Å². The Balaban J connectivity index is 1.61. The van der Waals surface area contributed by atoms with Crippen LogP contribution in [0.3, 0.4) is 0 Å². The first-order chi connectivity index (χ1) is 14.0. The summed E-state index contributed by atoms with van der Waals surface area (Å²) in [6.45, 7) is 3.91. The molecule has 3 amide bonds. The van der Waals surface area contributed by atoms with Gasteiger partial charge >= 0.3 is 6.03 Å². The van der Waals surface area contributed by atoms with Gasteiger partial charge in [-0.3, -0.25) is 15.4 Å². The lowest BCUT2D eigenvalue weighted by atomic mass is 9.99. The summed E-state index contributed by atoms with van der Waals surface area (Å²) in [7, 11) is 0. The van der Waals surface area contributed by atoms with Crippen molar-refractivity contribution in [1.82, 2.24) is 10.6 Å². The van der Waals surface area contributed by atoms with Crippen LogP contribution in [0.15, 0.2) is 78.9 Å². The lowest BCUT2D eigenvalue weighted by Crippen LogP contribution is -2.41. The number of imide groups is 1. The van der Waals surface area contributed by atoms with E-state index in [-0.39, 0.29) is 12.6 Å². The number of benzene rings is 3. The summed E-state index contributed by atoms with van der Waals surface area (Å²) < 4.78 is 0. The van der Waals surface area contributed by atoms with Crippen LogP contribution in [0, 0.1) is 13.8 Å². The van der Waals surface area contributed by atoms with Gasteiger partial charge in [-0.05, 0) is 42.2 Å². The second-order valence-corrected chi connectivity index (χ2v) is 6.89. The Kier molecular flexibility index (Phi) is 6.76. The molecule has 3 aromatic rings. The van der Waals surface area contributed by atoms with Crippen molar-refractivity contribution in [2.24, 2.45) is 0 Å². The second-order valence-electron chi connectivity index (χ2n) is 6.89. The Morgan fingerprint density at radius 1 is 0.793 bits per heavy atom. The highest BCUT2D eigenvalue weighted by molar-refractivity contribution is 6.02. The lowest BCUT2D eigenvalue weighted by molar-refractivity contribution is -0.119. The fourth-order valence-corrected chi connectivity index (χ4v) is 3.12. The van der Waals surface area contributed by atoms with Gasteiger partial charge in [0.25, 0.3) is 0 Å². The number of anilines is 1. The summed E-state index contributed by atoms with van der Waals surface area (Å²) in [5, 5.41) is 8.37. The third-order valence-electron chi connectivity index (χ3n) is 4.84. The van der Waals surface area contributed by atoms with Crippen molar-refractivity contribution >= 4 is 17.6 Å². The summed E-state index contributed by atoms with van der Waals surface area (Å²) in [4.78, 5) is 24.5. The summed E-state index contributed by atoms with van der Waals surface area (Å²) >= 11 is 0. The molecular formula is C24H25N3O2. The van der Waals surface area contributed by atoms with Crippen molar-refractivity contribution in [2.45, 2.75) is 19.9 Å². The van der Waals surface area contributed by atoms with E-state index >= 15 is 0 Å². The zero-order chi connectivity index (χ0) is 20.6. The molecule has 0 aliphatic heterocycles. The van der Waals surface area contributed by atoms with Gasteiger partial charge in [-0.25, -0.2) is 4.79 Å². The van der Waals surface area contributed by atoms with Crippen molar-refractivity contribution in [3.05, 3.63) is 101 Å². The van der Waals surface area contributed by atoms with Crippen LogP contribution in [0.1, 0.15) is 28.3 Å². The highest BCUT2D eigenvalue weighted by atomic mass is 16.2. The van der Waals surface area contributed by atoms with E-state index in [4.69, 9.17) is 0 Å². The van der Waals surface area contributed by atoms with E-state index in [1.54, 1.807) is 0 Å². The smallest absolute Gasteiger partial charge is 0.307 e. The number of amides is 3. The molecule has 3 rings (SSSR count). The highest BCUT2D eigenvalue weighted by Crippen LogP contribution is 2.21. The van der Waals surface area contributed by atoms with Crippen LogP contribution in [0.25, 0.3) is 0 Å². The van der Waals surface area contributed by atoms with E-state index in [0.29, 0.717) is 5.69 Å². The minimum absolute atomic E-state index is 0.00861. The lowest BCUT2D eigenvalue weighted by Gasteiger charge is -2.19. The molecule has 0 atom stereocenters. The van der Waals surface area contributed by atoms with Crippen molar-refractivity contribution in [2.75, 3.05) is 11.9 Å². The number of aryl methyl sites for hydroxylation is 1. The van der Waals surface area contributed by atoms with Crippen molar-refractivity contribution in [1.29, 1.82) is 0 Å². The molecule has 0 heterocycles. The number of rotatable bonds is 6. The van der Waals surface area contributed by atoms with Gasteiger partial charge in [-0.2, -0.15) is 0 Å². The first kappa shape index (κ1) is 20.3. The van der Waals surface area contributed by atoms with Crippen LogP contribution in [-0.4, -0.2) is 18.5 Å². The van der Waals surface area contributed by atoms with E-state index in [1.807, 2.05) is 92.7 Å². The Labute approximate surface area is 171 Å². The Hall–Kier alpha value is -3.44. The zero-order valence-electron chi connectivity index (χ0n) is 16.6. The molecule has 0 bridgehead atoms. The highest BCUT2D eigenvalue weighted by Gasteiger charge is 2.16. The fourth-order valence-electron chi connectivity index (χ4n) is 3.12. The first-order valence-electron chi connectivity index (χ1n) is 9.55. The van der Waals surface area contributed by atoms with Gasteiger partial charge in [0.2, 0.25) is 5.91 Å². The van der Waals surface area contributed by atoms with Crippen LogP contribution in [-0.2, 0) is 4.79 Å². The molecule has 0 spiro atoms. The maximum Gasteiger partial charge on any atom is 0.325 e. The van der Waals surface area contributed by atoms with E-state index in [2.05, 4.69) is 16.0 Å². The molecule has 0 aromatic heterocycles. The zero-order valence-corrected chi connectivity index (χ0v) is 16.6. The second kappa shape index (κ2) is 9.66. The molecule has 5 heteroatoms. The van der Waals surface area contributed by atoms with Crippen LogP contribution < -0.4 is 16.0 Å².